The zero-order valence-electron chi connectivity index (χ0n) is 18.3. The number of alkyl halides is 4. The van der Waals surface area contributed by atoms with Crippen LogP contribution in [0.2, 0.25) is 0 Å². The van der Waals surface area contributed by atoms with E-state index in [-0.39, 0.29) is 6.04 Å². The number of hydrogen-bond donors (Lipinski definition) is 1. The molecule has 12 heteroatoms. The van der Waals surface area contributed by atoms with E-state index in [0.29, 0.717) is 48.6 Å². The molecule has 180 valence electrons. The van der Waals surface area contributed by atoms with Crippen molar-refractivity contribution in [3.8, 4) is 11.1 Å². The van der Waals surface area contributed by atoms with Crippen LogP contribution in [0.25, 0.3) is 27.8 Å². The lowest BCUT2D eigenvalue weighted by Crippen LogP contribution is -2.31. The molecule has 34 heavy (non-hydrogen) atoms. The minimum absolute atomic E-state index is 0.0787. The van der Waals surface area contributed by atoms with E-state index in [4.69, 9.17) is 0 Å². The fraction of sp³-hybridized carbons (Fsp3) is 0.455. The van der Waals surface area contributed by atoms with Crippen LogP contribution in [0.15, 0.2) is 30.7 Å². The number of ether oxygens (including phenoxy) is 1. The maximum absolute atomic E-state index is 13.0. The largest absolute Gasteiger partial charge is 0.350 e. The van der Waals surface area contributed by atoms with Gasteiger partial charge in [-0.3, -0.25) is 0 Å². The highest BCUT2D eigenvalue weighted by Crippen LogP contribution is 2.29. The molecule has 0 atom stereocenters. The highest BCUT2D eigenvalue weighted by molar-refractivity contribution is 5.85. The summed E-state index contributed by atoms with van der Waals surface area (Å²) < 4.78 is 58.6. The monoisotopic (exact) mass is 477 g/mol. The summed E-state index contributed by atoms with van der Waals surface area (Å²) in [5.74, 6) is 0.919. The third-order valence-corrected chi connectivity index (χ3v) is 6.15. The van der Waals surface area contributed by atoms with Gasteiger partial charge in [-0.1, -0.05) is 0 Å². The Morgan fingerprint density at radius 2 is 1.88 bits per heavy atom. The molecule has 8 nitrogen and oxygen atoms in total. The van der Waals surface area contributed by atoms with E-state index < -0.39 is 25.7 Å². The summed E-state index contributed by atoms with van der Waals surface area (Å²) in [6.45, 7) is -1.51. The molecule has 0 unspecified atom stereocenters. The minimum atomic E-state index is -2.74. The van der Waals surface area contributed by atoms with Crippen molar-refractivity contribution in [2.24, 2.45) is 0 Å². The SMILES string of the molecule is Cc1nc2ncc(-c3ccn4nc(NC5CCC(OC(F)F)CC5)ncc34)cc2n1CC(F)F. The average molecular weight is 477 g/mol. The van der Waals surface area contributed by atoms with Crippen molar-refractivity contribution >= 4 is 22.6 Å². The Morgan fingerprint density at radius 1 is 1.09 bits per heavy atom. The predicted octanol–water partition coefficient (Wildman–Crippen LogP) is 4.68. The molecule has 4 aromatic heterocycles. The molecule has 1 aliphatic carbocycles. The van der Waals surface area contributed by atoms with Gasteiger partial charge in [0, 0.05) is 29.6 Å². The third-order valence-electron chi connectivity index (χ3n) is 6.15. The average Bonchev–Trinajstić information content (AvgIpc) is 3.34. The third kappa shape index (κ3) is 4.54. The van der Waals surface area contributed by atoms with Crippen molar-refractivity contribution in [3.05, 3.63) is 36.5 Å². The lowest BCUT2D eigenvalue weighted by molar-refractivity contribution is -0.169. The van der Waals surface area contributed by atoms with Crippen LogP contribution in [-0.4, -0.2) is 54.3 Å². The summed E-state index contributed by atoms with van der Waals surface area (Å²) in [7, 11) is 0. The van der Waals surface area contributed by atoms with Crippen LogP contribution in [0.3, 0.4) is 0 Å². The number of nitrogens with zero attached hydrogens (tertiary/aromatic N) is 6. The number of imidazole rings is 1. The molecule has 1 saturated carbocycles. The van der Waals surface area contributed by atoms with E-state index >= 15 is 0 Å². The zero-order chi connectivity index (χ0) is 23.8. The fourth-order valence-electron chi connectivity index (χ4n) is 4.52. The molecule has 0 bridgehead atoms. The topological polar surface area (TPSA) is 82.2 Å². The highest BCUT2D eigenvalue weighted by atomic mass is 19.3. The first-order valence-corrected chi connectivity index (χ1v) is 11.0. The first-order chi connectivity index (χ1) is 16.4. The van der Waals surface area contributed by atoms with Crippen molar-refractivity contribution in [2.75, 3.05) is 5.32 Å². The quantitative estimate of drug-likeness (QED) is 0.390. The van der Waals surface area contributed by atoms with E-state index in [1.54, 1.807) is 36.1 Å². The van der Waals surface area contributed by atoms with Crippen LogP contribution in [0.4, 0.5) is 23.5 Å². The summed E-state index contributed by atoms with van der Waals surface area (Å²) in [6, 6.07) is 3.74. The number of rotatable bonds is 7. The molecule has 4 heterocycles. The lowest BCUT2D eigenvalue weighted by Gasteiger charge is -2.28. The molecule has 0 aromatic carbocycles. The molecule has 0 aliphatic heterocycles. The molecule has 1 N–H and O–H groups in total. The molecular formula is C22H23F4N7O. The minimum Gasteiger partial charge on any atom is -0.350 e. The van der Waals surface area contributed by atoms with Crippen molar-refractivity contribution < 1.29 is 22.3 Å². The Morgan fingerprint density at radius 3 is 2.62 bits per heavy atom. The Labute approximate surface area is 192 Å². The van der Waals surface area contributed by atoms with Gasteiger partial charge in [0.2, 0.25) is 5.95 Å². The number of nitrogens with one attached hydrogen (secondary N) is 1. The van der Waals surface area contributed by atoms with Gasteiger partial charge in [-0.2, -0.15) is 8.78 Å². The van der Waals surface area contributed by atoms with Crippen LogP contribution in [0.5, 0.6) is 0 Å². The molecule has 1 aliphatic rings. The first-order valence-electron chi connectivity index (χ1n) is 11.0. The molecule has 0 saturated heterocycles. The summed E-state index contributed by atoms with van der Waals surface area (Å²) in [6.07, 6.45) is 4.69. The smallest absolute Gasteiger partial charge is 0.345 e. The van der Waals surface area contributed by atoms with E-state index in [0.717, 1.165) is 16.6 Å². The van der Waals surface area contributed by atoms with Crippen molar-refractivity contribution in [1.82, 2.24) is 29.1 Å². The number of hydrogen-bond acceptors (Lipinski definition) is 6. The second-order valence-electron chi connectivity index (χ2n) is 8.38. The number of halogens is 4. The number of fused-ring (bicyclic) bond motifs is 2. The van der Waals surface area contributed by atoms with Gasteiger partial charge in [-0.25, -0.2) is 28.2 Å². The van der Waals surface area contributed by atoms with Gasteiger partial charge in [-0.15, -0.1) is 5.10 Å². The van der Waals surface area contributed by atoms with Gasteiger partial charge in [0.05, 0.1) is 29.9 Å². The van der Waals surface area contributed by atoms with Gasteiger partial charge in [-0.05, 0) is 44.7 Å². The van der Waals surface area contributed by atoms with E-state index in [2.05, 4.69) is 30.1 Å². The van der Waals surface area contributed by atoms with Gasteiger partial charge in [0.15, 0.2) is 5.65 Å². The van der Waals surface area contributed by atoms with E-state index in [9.17, 15) is 17.6 Å². The molecule has 5 rings (SSSR count). The van der Waals surface area contributed by atoms with E-state index in [1.165, 1.54) is 4.57 Å². The molecule has 0 spiro atoms. The Balaban J connectivity index is 1.35. The normalized spacial score (nSPS) is 19.0. The van der Waals surface area contributed by atoms with Crippen molar-refractivity contribution in [2.45, 2.75) is 64.3 Å². The lowest BCUT2D eigenvalue weighted by atomic mass is 9.93. The maximum Gasteiger partial charge on any atom is 0.345 e. The summed E-state index contributed by atoms with van der Waals surface area (Å²) >= 11 is 0. The van der Waals surface area contributed by atoms with Crippen LogP contribution < -0.4 is 5.32 Å². The number of aryl methyl sites for hydroxylation is 1. The maximum atomic E-state index is 13.0. The molecular weight excluding hydrogens is 454 g/mol. The second kappa shape index (κ2) is 9.16. The van der Waals surface area contributed by atoms with Crippen LogP contribution in [0.1, 0.15) is 31.5 Å². The number of aromatic nitrogens is 6. The molecule has 0 radical (unpaired) electrons. The van der Waals surface area contributed by atoms with Gasteiger partial charge < -0.3 is 14.6 Å². The molecule has 1 fully saturated rings. The van der Waals surface area contributed by atoms with Crippen LogP contribution in [0, 0.1) is 6.92 Å². The predicted molar refractivity (Wildman–Crippen MR) is 117 cm³/mol. The van der Waals surface area contributed by atoms with Crippen LogP contribution in [-0.2, 0) is 11.3 Å². The fourth-order valence-corrected chi connectivity index (χ4v) is 4.52. The zero-order valence-corrected chi connectivity index (χ0v) is 18.3. The van der Waals surface area contributed by atoms with Gasteiger partial charge in [0.1, 0.15) is 5.82 Å². The standard InChI is InChI=1S/C22H23F4N7O/c1-12-29-20-17(32(12)11-19(23)24)8-13(9-27-20)16-6-7-33-18(16)10-28-22(31-33)30-14-2-4-15(5-3-14)34-21(25)26/h6-10,14-15,19,21H,2-5,11H2,1H3,(H,30,31). The number of anilines is 1. The Hall–Kier alpha value is -3.28. The van der Waals surface area contributed by atoms with Gasteiger partial charge >= 0.3 is 6.61 Å². The van der Waals surface area contributed by atoms with E-state index in [1.807, 2.05) is 6.07 Å². The summed E-state index contributed by atoms with van der Waals surface area (Å²) in [4.78, 5) is 13.0. The summed E-state index contributed by atoms with van der Waals surface area (Å²) in [5, 5.41) is 7.78. The van der Waals surface area contributed by atoms with Crippen molar-refractivity contribution in [3.63, 3.8) is 0 Å². The Bertz CT molecular complexity index is 1300. The first kappa shape index (κ1) is 22.5. The Kier molecular flexibility index (Phi) is 6.07. The summed E-state index contributed by atoms with van der Waals surface area (Å²) in [5.41, 5.74) is 3.25. The van der Waals surface area contributed by atoms with Gasteiger partial charge in [0.25, 0.3) is 6.43 Å². The molecule has 4 aromatic rings. The van der Waals surface area contributed by atoms with Crippen LogP contribution >= 0.6 is 0 Å². The molecule has 0 amide bonds. The number of pyridine rings is 1. The van der Waals surface area contributed by atoms with Crippen molar-refractivity contribution in [1.29, 1.82) is 0 Å². The highest BCUT2D eigenvalue weighted by Gasteiger charge is 2.24. The second-order valence-corrected chi connectivity index (χ2v) is 8.38.